The number of carbonyl (C=O) groups is 1. The third-order valence-corrected chi connectivity index (χ3v) is 7.93. The van der Waals surface area contributed by atoms with Gasteiger partial charge < -0.3 is 9.80 Å². The summed E-state index contributed by atoms with van der Waals surface area (Å²) in [6, 6.07) is 25.9. The first kappa shape index (κ1) is 24.2. The van der Waals surface area contributed by atoms with Crippen molar-refractivity contribution in [3.05, 3.63) is 100 Å². The van der Waals surface area contributed by atoms with Crippen LogP contribution in [0.3, 0.4) is 0 Å². The number of fused-ring (bicyclic) bond motifs is 3. The second-order valence-corrected chi connectivity index (χ2v) is 10.4. The van der Waals surface area contributed by atoms with Crippen molar-refractivity contribution in [2.24, 2.45) is 0 Å². The number of piperazine rings is 1. The molecule has 1 saturated heterocycles. The topological polar surface area (TPSA) is 75.7 Å². The van der Waals surface area contributed by atoms with E-state index in [4.69, 9.17) is 0 Å². The highest BCUT2D eigenvalue weighted by Gasteiger charge is 2.23. The number of para-hydroxylation sites is 2. The number of hydrogen-bond donors (Lipinski definition) is 0. The molecule has 0 bridgehead atoms. The van der Waals surface area contributed by atoms with Crippen molar-refractivity contribution in [1.82, 2.24) is 24.1 Å². The molecule has 2 aromatic heterocycles. The van der Waals surface area contributed by atoms with Crippen LogP contribution in [-0.2, 0) is 11.3 Å². The lowest BCUT2D eigenvalue weighted by Gasteiger charge is -2.36. The number of amides is 1. The number of anilines is 1. The van der Waals surface area contributed by atoms with Crippen LogP contribution in [0.1, 0.15) is 11.1 Å². The molecule has 38 heavy (non-hydrogen) atoms. The predicted molar refractivity (Wildman–Crippen MR) is 151 cm³/mol. The molecule has 0 spiro atoms. The Morgan fingerprint density at radius 1 is 0.868 bits per heavy atom. The minimum absolute atomic E-state index is 0.0803. The molecular formula is C29H28N6O2S. The van der Waals surface area contributed by atoms with Gasteiger partial charge in [-0.15, -0.1) is 10.2 Å². The SMILES string of the molecule is Cc1ccc(Cn2c(=O)c3ccccc3n3c(SCC(=O)N4CCN(c5ccccc5)CC4)nnc23)cc1. The molecule has 5 aromatic rings. The van der Waals surface area contributed by atoms with Crippen LogP contribution in [0.15, 0.2) is 88.8 Å². The zero-order chi connectivity index (χ0) is 26.1. The van der Waals surface area contributed by atoms with E-state index in [1.165, 1.54) is 17.4 Å². The molecule has 6 rings (SSSR count). The van der Waals surface area contributed by atoms with Crippen LogP contribution in [0.25, 0.3) is 16.7 Å². The summed E-state index contributed by atoms with van der Waals surface area (Å²) in [6.07, 6.45) is 0. The highest BCUT2D eigenvalue weighted by atomic mass is 32.2. The number of aromatic nitrogens is 4. The molecule has 9 heteroatoms. The third kappa shape index (κ3) is 4.65. The fourth-order valence-electron chi connectivity index (χ4n) is 4.92. The van der Waals surface area contributed by atoms with Crippen LogP contribution < -0.4 is 10.5 Å². The molecule has 0 saturated carbocycles. The maximum atomic E-state index is 13.4. The first-order valence-electron chi connectivity index (χ1n) is 12.7. The van der Waals surface area contributed by atoms with E-state index in [2.05, 4.69) is 27.2 Å². The van der Waals surface area contributed by atoms with Crippen molar-refractivity contribution >= 4 is 40.0 Å². The number of benzene rings is 3. The van der Waals surface area contributed by atoms with Crippen molar-refractivity contribution < 1.29 is 4.79 Å². The zero-order valence-corrected chi connectivity index (χ0v) is 22.0. The van der Waals surface area contributed by atoms with E-state index in [0.29, 0.717) is 36.0 Å². The van der Waals surface area contributed by atoms with E-state index < -0.39 is 0 Å². The second kappa shape index (κ2) is 10.3. The van der Waals surface area contributed by atoms with Crippen LogP contribution in [0.4, 0.5) is 5.69 Å². The van der Waals surface area contributed by atoms with Gasteiger partial charge in [-0.2, -0.15) is 0 Å². The van der Waals surface area contributed by atoms with Crippen LogP contribution in [0.2, 0.25) is 0 Å². The molecule has 1 amide bonds. The van der Waals surface area contributed by atoms with E-state index in [0.717, 1.165) is 29.7 Å². The summed E-state index contributed by atoms with van der Waals surface area (Å²) < 4.78 is 3.56. The minimum atomic E-state index is -0.106. The normalized spacial score (nSPS) is 13.9. The van der Waals surface area contributed by atoms with E-state index in [-0.39, 0.29) is 17.2 Å². The van der Waals surface area contributed by atoms with Crippen LogP contribution in [0.5, 0.6) is 0 Å². The third-order valence-electron chi connectivity index (χ3n) is 7.02. The summed E-state index contributed by atoms with van der Waals surface area (Å²) in [6.45, 7) is 5.42. The van der Waals surface area contributed by atoms with Gasteiger partial charge in [0.1, 0.15) is 0 Å². The Bertz CT molecular complexity index is 1650. The van der Waals surface area contributed by atoms with Gasteiger partial charge in [0.25, 0.3) is 5.56 Å². The Labute approximate surface area is 224 Å². The molecular weight excluding hydrogens is 496 g/mol. The molecule has 0 atom stereocenters. The van der Waals surface area contributed by atoms with E-state index >= 15 is 0 Å². The van der Waals surface area contributed by atoms with E-state index in [1.807, 2.05) is 83.0 Å². The summed E-state index contributed by atoms with van der Waals surface area (Å²) in [5.41, 5.74) is 4.00. The van der Waals surface area contributed by atoms with Crippen molar-refractivity contribution in [2.45, 2.75) is 18.6 Å². The highest BCUT2D eigenvalue weighted by molar-refractivity contribution is 7.99. The fraction of sp³-hybridized carbons (Fsp3) is 0.241. The van der Waals surface area contributed by atoms with Crippen molar-refractivity contribution in [2.75, 3.05) is 36.8 Å². The number of rotatable bonds is 6. The Morgan fingerprint density at radius 2 is 1.58 bits per heavy atom. The van der Waals surface area contributed by atoms with Gasteiger partial charge in [0.15, 0.2) is 5.16 Å². The maximum Gasteiger partial charge on any atom is 0.263 e. The van der Waals surface area contributed by atoms with Gasteiger partial charge in [0.2, 0.25) is 11.7 Å². The number of thioether (sulfide) groups is 1. The minimum Gasteiger partial charge on any atom is -0.368 e. The van der Waals surface area contributed by atoms with E-state index in [1.54, 1.807) is 4.57 Å². The Morgan fingerprint density at radius 3 is 2.34 bits per heavy atom. The first-order valence-corrected chi connectivity index (χ1v) is 13.7. The fourth-order valence-corrected chi connectivity index (χ4v) is 5.76. The first-order chi connectivity index (χ1) is 18.6. The molecule has 8 nitrogen and oxygen atoms in total. The van der Waals surface area contributed by atoms with Crippen LogP contribution in [-0.4, -0.2) is 61.9 Å². The molecule has 0 N–H and O–H groups in total. The summed E-state index contributed by atoms with van der Waals surface area (Å²) in [4.78, 5) is 30.8. The van der Waals surface area contributed by atoms with Crippen molar-refractivity contribution in [1.29, 1.82) is 0 Å². The lowest BCUT2D eigenvalue weighted by atomic mass is 10.1. The number of hydrogen-bond acceptors (Lipinski definition) is 6. The summed E-state index contributed by atoms with van der Waals surface area (Å²) in [7, 11) is 0. The lowest BCUT2D eigenvalue weighted by Crippen LogP contribution is -2.49. The van der Waals surface area contributed by atoms with Gasteiger partial charge in [-0.25, -0.2) is 0 Å². The number of nitrogens with zero attached hydrogens (tertiary/aromatic N) is 6. The van der Waals surface area contributed by atoms with Gasteiger partial charge in [-0.3, -0.25) is 18.6 Å². The molecule has 192 valence electrons. The van der Waals surface area contributed by atoms with Gasteiger partial charge in [-0.1, -0.05) is 71.9 Å². The molecule has 3 heterocycles. The zero-order valence-electron chi connectivity index (χ0n) is 21.2. The molecule has 1 aliphatic heterocycles. The molecule has 1 fully saturated rings. The van der Waals surface area contributed by atoms with Crippen LogP contribution in [0, 0.1) is 6.92 Å². The largest absolute Gasteiger partial charge is 0.368 e. The lowest BCUT2D eigenvalue weighted by molar-refractivity contribution is -0.128. The summed E-state index contributed by atoms with van der Waals surface area (Å²) in [5, 5.41) is 10.0. The summed E-state index contributed by atoms with van der Waals surface area (Å²) >= 11 is 1.36. The average Bonchev–Trinajstić information content (AvgIpc) is 3.39. The molecule has 0 aliphatic carbocycles. The quantitative estimate of drug-likeness (QED) is 0.314. The predicted octanol–water partition coefficient (Wildman–Crippen LogP) is 3.84. The monoisotopic (exact) mass is 524 g/mol. The van der Waals surface area contributed by atoms with Crippen molar-refractivity contribution in [3.63, 3.8) is 0 Å². The van der Waals surface area contributed by atoms with Gasteiger partial charge in [0.05, 0.1) is 23.2 Å². The number of carbonyl (C=O) groups excluding carboxylic acids is 1. The van der Waals surface area contributed by atoms with Gasteiger partial charge in [0, 0.05) is 31.9 Å². The van der Waals surface area contributed by atoms with Gasteiger partial charge in [-0.05, 0) is 36.8 Å². The number of aryl methyl sites for hydroxylation is 1. The molecule has 1 aliphatic rings. The smallest absolute Gasteiger partial charge is 0.263 e. The highest BCUT2D eigenvalue weighted by Crippen LogP contribution is 2.23. The molecule has 0 unspecified atom stereocenters. The Hall–Kier alpha value is -4.11. The maximum absolute atomic E-state index is 13.4. The summed E-state index contributed by atoms with van der Waals surface area (Å²) in [5.74, 6) is 0.815. The van der Waals surface area contributed by atoms with Crippen LogP contribution >= 0.6 is 11.8 Å². The van der Waals surface area contributed by atoms with Crippen molar-refractivity contribution in [3.8, 4) is 0 Å². The van der Waals surface area contributed by atoms with Gasteiger partial charge >= 0.3 is 0 Å². The standard InChI is InChI=1S/C29H28N6O2S/c1-21-11-13-22(14-12-21)19-34-27(37)24-9-5-6-10-25(24)35-28(34)30-31-29(35)38-20-26(36)33-17-15-32(16-18-33)23-7-3-2-4-8-23/h2-14H,15-20H2,1H3. The van der Waals surface area contributed by atoms with E-state index in [9.17, 15) is 9.59 Å². The molecule has 3 aromatic carbocycles. The molecule has 0 radical (unpaired) electrons. The second-order valence-electron chi connectivity index (χ2n) is 9.50. The Balaban J connectivity index is 1.23. The average molecular weight is 525 g/mol. The Kier molecular flexibility index (Phi) is 6.59.